The van der Waals surface area contributed by atoms with Crippen molar-refractivity contribution in [3.63, 3.8) is 0 Å². The number of H-pyrrole nitrogens is 1. The molecule has 0 aliphatic rings. The van der Waals surface area contributed by atoms with E-state index in [9.17, 15) is 4.39 Å². The standard InChI is InChI=1S/C17H17FN4S/c1-21(11-13-7-9-15(18)10-8-13)12-22-17(23)19-16(20-22)14-5-3-2-4-6-14/h2-10H,11-12H2,1H3,(H,19,20,23)/p+1. The Hall–Kier alpha value is -2.31. The molecule has 23 heavy (non-hydrogen) atoms. The van der Waals surface area contributed by atoms with Crippen LogP contribution in [-0.4, -0.2) is 21.8 Å². The van der Waals surface area contributed by atoms with Crippen molar-refractivity contribution in [2.24, 2.45) is 0 Å². The molecule has 3 aromatic rings. The van der Waals surface area contributed by atoms with Crippen LogP contribution in [0.25, 0.3) is 11.4 Å². The first-order chi connectivity index (χ1) is 11.1. The van der Waals surface area contributed by atoms with E-state index in [0.29, 0.717) is 11.4 Å². The maximum absolute atomic E-state index is 12.9. The average molecular weight is 329 g/mol. The second-order valence-electron chi connectivity index (χ2n) is 5.57. The summed E-state index contributed by atoms with van der Waals surface area (Å²) in [5.41, 5.74) is 2.09. The second-order valence-corrected chi connectivity index (χ2v) is 5.93. The number of hydrogen-bond donors (Lipinski definition) is 2. The minimum Gasteiger partial charge on any atom is -0.315 e. The van der Waals surface area contributed by atoms with Gasteiger partial charge in [0.25, 0.3) is 0 Å². The largest absolute Gasteiger partial charge is 0.315 e. The van der Waals surface area contributed by atoms with Crippen molar-refractivity contribution in [3.05, 3.63) is 70.7 Å². The van der Waals surface area contributed by atoms with Gasteiger partial charge in [-0.3, -0.25) is 5.10 Å². The number of aromatic amines is 1. The van der Waals surface area contributed by atoms with Crippen molar-refractivity contribution < 1.29 is 9.29 Å². The van der Waals surface area contributed by atoms with Gasteiger partial charge in [-0.05, 0) is 24.4 Å². The molecular formula is C17H18FN4S+. The third-order valence-electron chi connectivity index (χ3n) is 3.57. The van der Waals surface area contributed by atoms with Crippen LogP contribution in [0.2, 0.25) is 0 Å². The molecule has 0 saturated carbocycles. The summed E-state index contributed by atoms with van der Waals surface area (Å²) >= 11 is 5.33. The van der Waals surface area contributed by atoms with E-state index >= 15 is 0 Å². The van der Waals surface area contributed by atoms with Crippen LogP contribution >= 0.6 is 12.2 Å². The lowest BCUT2D eigenvalue weighted by molar-refractivity contribution is -0.917. The smallest absolute Gasteiger partial charge is 0.221 e. The van der Waals surface area contributed by atoms with Crippen LogP contribution in [0.3, 0.4) is 0 Å². The Morgan fingerprint density at radius 1 is 1.13 bits per heavy atom. The van der Waals surface area contributed by atoms with Gasteiger partial charge in [0.15, 0.2) is 12.5 Å². The zero-order valence-electron chi connectivity index (χ0n) is 12.8. The monoisotopic (exact) mass is 329 g/mol. The lowest BCUT2D eigenvalue weighted by atomic mass is 10.2. The number of rotatable bonds is 5. The zero-order valence-corrected chi connectivity index (χ0v) is 13.6. The summed E-state index contributed by atoms with van der Waals surface area (Å²) < 4.78 is 15.3. The van der Waals surface area contributed by atoms with E-state index in [0.717, 1.165) is 23.5 Å². The molecule has 2 N–H and O–H groups in total. The Bertz CT molecular complexity index is 824. The molecule has 4 nitrogen and oxygen atoms in total. The molecule has 0 bridgehead atoms. The van der Waals surface area contributed by atoms with Crippen molar-refractivity contribution in [2.45, 2.75) is 13.2 Å². The summed E-state index contributed by atoms with van der Waals surface area (Å²) in [6.07, 6.45) is 0. The molecule has 2 aromatic carbocycles. The van der Waals surface area contributed by atoms with E-state index in [4.69, 9.17) is 12.2 Å². The highest BCUT2D eigenvalue weighted by molar-refractivity contribution is 7.71. The van der Waals surface area contributed by atoms with Gasteiger partial charge in [0.1, 0.15) is 12.4 Å². The first-order valence-electron chi connectivity index (χ1n) is 7.40. The number of halogens is 1. The third kappa shape index (κ3) is 3.91. The van der Waals surface area contributed by atoms with Gasteiger partial charge in [-0.1, -0.05) is 42.5 Å². The number of nitrogens with zero attached hydrogens (tertiary/aromatic N) is 2. The minimum atomic E-state index is -0.213. The maximum Gasteiger partial charge on any atom is 0.221 e. The minimum absolute atomic E-state index is 0.213. The molecule has 1 aromatic heterocycles. The molecule has 1 heterocycles. The van der Waals surface area contributed by atoms with Gasteiger partial charge in [0, 0.05) is 11.1 Å². The molecular weight excluding hydrogens is 311 g/mol. The van der Waals surface area contributed by atoms with Gasteiger partial charge in [-0.15, -0.1) is 0 Å². The van der Waals surface area contributed by atoms with E-state index in [1.54, 1.807) is 12.1 Å². The summed E-state index contributed by atoms with van der Waals surface area (Å²) in [4.78, 5) is 5.63. The van der Waals surface area contributed by atoms with Crippen LogP contribution < -0.4 is 4.90 Å². The van der Waals surface area contributed by atoms with E-state index in [-0.39, 0.29) is 5.82 Å². The lowest BCUT2D eigenvalue weighted by Gasteiger charge is -2.14. The quantitative estimate of drug-likeness (QED) is 0.706. The van der Waals surface area contributed by atoms with Gasteiger partial charge in [0.05, 0.1) is 7.05 Å². The van der Waals surface area contributed by atoms with Crippen molar-refractivity contribution in [1.29, 1.82) is 0 Å². The maximum atomic E-state index is 12.9. The topological polar surface area (TPSA) is 38.0 Å². The molecule has 118 valence electrons. The molecule has 6 heteroatoms. The highest BCUT2D eigenvalue weighted by atomic mass is 32.1. The molecule has 0 spiro atoms. The van der Waals surface area contributed by atoms with Gasteiger partial charge in [-0.25, -0.2) is 9.07 Å². The fraction of sp³-hybridized carbons (Fsp3) is 0.176. The second kappa shape index (κ2) is 6.85. The molecule has 1 unspecified atom stereocenters. The Kier molecular flexibility index (Phi) is 4.64. The summed E-state index contributed by atoms with van der Waals surface area (Å²) in [6, 6.07) is 16.5. The normalized spacial score (nSPS) is 12.3. The van der Waals surface area contributed by atoms with E-state index < -0.39 is 0 Å². The van der Waals surface area contributed by atoms with E-state index in [1.807, 2.05) is 35.0 Å². The number of benzene rings is 2. The van der Waals surface area contributed by atoms with Crippen LogP contribution in [-0.2, 0) is 13.2 Å². The summed E-state index contributed by atoms with van der Waals surface area (Å²) in [5, 5.41) is 3.24. The number of aromatic nitrogens is 3. The zero-order chi connectivity index (χ0) is 16.2. The summed E-state index contributed by atoms with van der Waals surface area (Å²) in [6.45, 7) is 1.44. The molecule has 0 radical (unpaired) electrons. The van der Waals surface area contributed by atoms with Gasteiger partial charge >= 0.3 is 0 Å². The van der Waals surface area contributed by atoms with Crippen molar-refractivity contribution in [3.8, 4) is 11.4 Å². The highest BCUT2D eigenvalue weighted by Gasteiger charge is 2.09. The molecule has 1 atom stereocenters. The van der Waals surface area contributed by atoms with Crippen LogP contribution in [0.5, 0.6) is 0 Å². The number of hydrogen-bond acceptors (Lipinski definition) is 2. The Morgan fingerprint density at radius 3 is 2.52 bits per heavy atom. The fourth-order valence-corrected chi connectivity index (χ4v) is 2.67. The molecule has 0 amide bonds. The van der Waals surface area contributed by atoms with Crippen LogP contribution in [0, 0.1) is 10.6 Å². The Balaban J connectivity index is 1.71. The third-order valence-corrected chi connectivity index (χ3v) is 3.89. The van der Waals surface area contributed by atoms with Crippen molar-refractivity contribution in [1.82, 2.24) is 14.8 Å². The molecule has 0 aliphatic heterocycles. The van der Waals surface area contributed by atoms with Gasteiger partial charge in [0.2, 0.25) is 4.77 Å². The Morgan fingerprint density at radius 2 is 1.83 bits per heavy atom. The summed E-state index contributed by atoms with van der Waals surface area (Å²) in [5.74, 6) is 0.555. The van der Waals surface area contributed by atoms with Crippen molar-refractivity contribution in [2.75, 3.05) is 7.05 Å². The predicted molar refractivity (Wildman–Crippen MR) is 89.8 cm³/mol. The molecule has 0 aliphatic carbocycles. The van der Waals surface area contributed by atoms with Gasteiger partial charge < -0.3 is 4.90 Å². The molecule has 0 saturated heterocycles. The molecule has 3 rings (SSSR count). The average Bonchev–Trinajstić information content (AvgIpc) is 2.91. The van der Waals surface area contributed by atoms with E-state index in [1.165, 1.54) is 17.0 Å². The summed E-state index contributed by atoms with van der Waals surface area (Å²) in [7, 11) is 2.06. The fourth-order valence-electron chi connectivity index (χ4n) is 2.47. The van der Waals surface area contributed by atoms with Gasteiger partial charge in [-0.2, -0.15) is 4.98 Å². The van der Waals surface area contributed by atoms with E-state index in [2.05, 4.69) is 17.1 Å². The number of quaternary nitrogens is 1. The lowest BCUT2D eigenvalue weighted by Crippen LogP contribution is -3.07. The van der Waals surface area contributed by atoms with Crippen LogP contribution in [0.1, 0.15) is 5.56 Å². The number of nitrogens with one attached hydrogen (secondary N) is 2. The highest BCUT2D eigenvalue weighted by Crippen LogP contribution is 2.13. The molecule has 0 fully saturated rings. The van der Waals surface area contributed by atoms with Crippen molar-refractivity contribution >= 4 is 12.2 Å². The first kappa shape index (κ1) is 15.6. The first-order valence-corrected chi connectivity index (χ1v) is 7.80. The van der Waals surface area contributed by atoms with Crippen LogP contribution in [0.4, 0.5) is 4.39 Å². The SMILES string of the molecule is C[NH+](Cc1ccc(F)cc1)Cn1[nH]c(-c2ccccc2)nc1=S. The predicted octanol–water partition coefficient (Wildman–Crippen LogP) is 2.42. The van der Waals surface area contributed by atoms with Crippen LogP contribution in [0.15, 0.2) is 54.6 Å². The Labute approximate surface area is 139 Å².